The topological polar surface area (TPSA) is 37.3 Å². The van der Waals surface area contributed by atoms with Crippen molar-refractivity contribution < 1.29 is 9.90 Å². The van der Waals surface area contributed by atoms with Gasteiger partial charge in [0.25, 0.3) is 0 Å². The van der Waals surface area contributed by atoms with Gasteiger partial charge in [-0.05, 0) is 31.1 Å². The molecular weight excluding hydrogens is 416 g/mol. The maximum Gasteiger partial charge on any atom is 0.306 e. The molecule has 1 N–H and O–H groups in total. The molecule has 0 aromatic heterocycles. The van der Waals surface area contributed by atoms with Gasteiger partial charge in [-0.1, -0.05) is 163 Å². The second-order valence-corrected chi connectivity index (χ2v) is 11.5. The van der Waals surface area contributed by atoms with Crippen LogP contribution in [0.15, 0.2) is 0 Å². The van der Waals surface area contributed by atoms with Crippen molar-refractivity contribution in [2.45, 2.75) is 182 Å². The molecule has 0 aromatic carbocycles. The molecule has 0 aromatic rings. The van der Waals surface area contributed by atoms with E-state index in [0.717, 1.165) is 19.3 Å². The molecule has 2 nitrogen and oxygen atoms in total. The Labute approximate surface area is 215 Å². The molecule has 0 saturated carbocycles. The normalized spacial score (nSPS) is 14.2. The maximum absolute atomic E-state index is 11.8. The molecule has 0 aliphatic heterocycles. The minimum absolute atomic E-state index is 0.128. The fraction of sp³-hybridized carbons (Fsp3) is 0.969. The van der Waals surface area contributed by atoms with E-state index in [-0.39, 0.29) is 5.92 Å². The molecule has 3 atom stereocenters. The molecule has 0 aliphatic carbocycles. The molecule has 0 spiro atoms. The van der Waals surface area contributed by atoms with Gasteiger partial charge < -0.3 is 5.11 Å². The van der Waals surface area contributed by atoms with Crippen LogP contribution in [0.4, 0.5) is 0 Å². The van der Waals surface area contributed by atoms with Crippen molar-refractivity contribution in [2.75, 3.05) is 0 Å². The molecule has 2 heteroatoms. The van der Waals surface area contributed by atoms with E-state index in [0.29, 0.717) is 11.8 Å². The second kappa shape index (κ2) is 25.6. The first-order valence-corrected chi connectivity index (χ1v) is 15.8. The quantitative estimate of drug-likeness (QED) is 0.119. The molecule has 0 rings (SSSR count). The number of carboxylic acids is 1. The number of carboxylic acid groups (broad SMARTS) is 1. The van der Waals surface area contributed by atoms with Crippen LogP contribution in [0.1, 0.15) is 182 Å². The van der Waals surface area contributed by atoms with Crippen LogP contribution < -0.4 is 0 Å². The Morgan fingerprint density at radius 3 is 1.44 bits per heavy atom. The fourth-order valence-electron chi connectivity index (χ4n) is 5.52. The van der Waals surface area contributed by atoms with E-state index in [1.165, 1.54) is 135 Å². The van der Waals surface area contributed by atoms with E-state index >= 15 is 0 Å². The molecule has 3 unspecified atom stereocenters. The maximum atomic E-state index is 11.8. The first kappa shape index (κ1) is 33.5. The average Bonchev–Trinajstić information content (AvgIpc) is 2.82. The van der Waals surface area contributed by atoms with Gasteiger partial charge in [0, 0.05) is 0 Å². The lowest BCUT2D eigenvalue weighted by Crippen LogP contribution is -2.19. The third-order valence-corrected chi connectivity index (χ3v) is 7.94. The largest absolute Gasteiger partial charge is 0.481 e. The zero-order valence-electron chi connectivity index (χ0n) is 24.1. The van der Waals surface area contributed by atoms with Gasteiger partial charge in [0.2, 0.25) is 0 Å². The first-order chi connectivity index (χ1) is 16.5. The summed E-state index contributed by atoms with van der Waals surface area (Å²) >= 11 is 0. The Bertz CT molecular complexity index is 419. The molecule has 0 radical (unpaired) electrons. The number of hydrogen-bond donors (Lipinski definition) is 1. The summed E-state index contributed by atoms with van der Waals surface area (Å²) in [6, 6.07) is 0. The van der Waals surface area contributed by atoms with Crippen LogP contribution in [0.3, 0.4) is 0 Å². The standard InChI is InChI=1S/C32H64O2/c1-5-8-10-11-12-13-14-15-16-17-18-19-20-21-22-24-29(4)26-27-31(32(33)34)28-30(23-7-3)25-9-6-2/h29-31H,5-28H2,1-4H3,(H,33,34). The predicted octanol–water partition coefficient (Wildman–Crippen LogP) is 11.4. The molecule has 34 heavy (non-hydrogen) atoms. The van der Waals surface area contributed by atoms with E-state index in [4.69, 9.17) is 0 Å². The molecular formula is C32H64O2. The summed E-state index contributed by atoms with van der Waals surface area (Å²) in [5.41, 5.74) is 0. The summed E-state index contributed by atoms with van der Waals surface area (Å²) in [6.45, 7) is 9.09. The molecule has 0 amide bonds. The fourth-order valence-corrected chi connectivity index (χ4v) is 5.52. The number of rotatable bonds is 27. The van der Waals surface area contributed by atoms with Crippen molar-refractivity contribution in [1.82, 2.24) is 0 Å². The van der Waals surface area contributed by atoms with E-state index < -0.39 is 5.97 Å². The van der Waals surface area contributed by atoms with Crippen molar-refractivity contribution in [2.24, 2.45) is 17.8 Å². The van der Waals surface area contributed by atoms with Gasteiger partial charge in [-0.25, -0.2) is 0 Å². The van der Waals surface area contributed by atoms with Crippen molar-refractivity contribution >= 4 is 5.97 Å². The van der Waals surface area contributed by atoms with Crippen molar-refractivity contribution in [3.8, 4) is 0 Å². The van der Waals surface area contributed by atoms with Crippen LogP contribution in [0.25, 0.3) is 0 Å². The first-order valence-electron chi connectivity index (χ1n) is 15.8. The third kappa shape index (κ3) is 22.0. The van der Waals surface area contributed by atoms with Crippen LogP contribution in [0.2, 0.25) is 0 Å². The molecule has 0 aliphatic rings. The Kier molecular flexibility index (Phi) is 25.2. The Morgan fingerprint density at radius 1 is 0.529 bits per heavy atom. The van der Waals surface area contributed by atoms with Crippen LogP contribution >= 0.6 is 0 Å². The van der Waals surface area contributed by atoms with Gasteiger partial charge in [0.05, 0.1) is 5.92 Å². The Balaban J connectivity index is 3.69. The minimum Gasteiger partial charge on any atom is -0.481 e. The molecule has 0 saturated heterocycles. The van der Waals surface area contributed by atoms with Crippen LogP contribution in [-0.2, 0) is 4.79 Å². The van der Waals surface area contributed by atoms with Crippen LogP contribution in [0.5, 0.6) is 0 Å². The smallest absolute Gasteiger partial charge is 0.306 e. The van der Waals surface area contributed by atoms with Crippen molar-refractivity contribution in [3.05, 3.63) is 0 Å². The van der Waals surface area contributed by atoms with E-state index in [2.05, 4.69) is 27.7 Å². The molecule has 0 fully saturated rings. The highest BCUT2D eigenvalue weighted by molar-refractivity contribution is 5.69. The van der Waals surface area contributed by atoms with E-state index in [1.807, 2.05) is 0 Å². The van der Waals surface area contributed by atoms with Gasteiger partial charge in [-0.15, -0.1) is 0 Å². The Morgan fingerprint density at radius 2 is 1.00 bits per heavy atom. The Hall–Kier alpha value is -0.530. The number of carbonyl (C=O) groups is 1. The number of unbranched alkanes of at least 4 members (excludes halogenated alkanes) is 15. The lowest BCUT2D eigenvalue weighted by atomic mass is 9.83. The van der Waals surface area contributed by atoms with Crippen LogP contribution in [-0.4, -0.2) is 11.1 Å². The summed E-state index contributed by atoms with van der Waals surface area (Å²) < 4.78 is 0. The van der Waals surface area contributed by atoms with Gasteiger partial charge in [-0.2, -0.15) is 0 Å². The zero-order valence-corrected chi connectivity index (χ0v) is 24.1. The van der Waals surface area contributed by atoms with Gasteiger partial charge >= 0.3 is 5.97 Å². The predicted molar refractivity (Wildman–Crippen MR) is 152 cm³/mol. The number of hydrogen-bond acceptors (Lipinski definition) is 1. The third-order valence-electron chi connectivity index (χ3n) is 7.94. The number of aliphatic carboxylic acids is 1. The average molecular weight is 481 g/mol. The summed E-state index contributed by atoms with van der Waals surface area (Å²) in [4.78, 5) is 11.8. The second-order valence-electron chi connectivity index (χ2n) is 11.5. The minimum atomic E-state index is -0.559. The summed E-state index contributed by atoms with van der Waals surface area (Å²) in [7, 11) is 0. The van der Waals surface area contributed by atoms with Crippen LogP contribution in [0, 0.1) is 17.8 Å². The van der Waals surface area contributed by atoms with Crippen molar-refractivity contribution in [1.29, 1.82) is 0 Å². The van der Waals surface area contributed by atoms with Gasteiger partial charge in [0.1, 0.15) is 0 Å². The highest BCUT2D eigenvalue weighted by Gasteiger charge is 2.22. The molecule has 204 valence electrons. The monoisotopic (exact) mass is 480 g/mol. The highest BCUT2D eigenvalue weighted by atomic mass is 16.4. The lowest BCUT2D eigenvalue weighted by molar-refractivity contribution is -0.142. The SMILES string of the molecule is CCCCCCCCCCCCCCCCCC(C)CCC(CC(CCC)CCCC)C(=O)O. The van der Waals surface area contributed by atoms with Crippen molar-refractivity contribution in [3.63, 3.8) is 0 Å². The molecule has 0 bridgehead atoms. The zero-order chi connectivity index (χ0) is 25.3. The highest BCUT2D eigenvalue weighted by Crippen LogP contribution is 2.28. The van der Waals surface area contributed by atoms with Gasteiger partial charge in [-0.3, -0.25) is 4.79 Å². The lowest BCUT2D eigenvalue weighted by Gasteiger charge is -2.22. The summed E-state index contributed by atoms with van der Waals surface area (Å²) in [6.07, 6.45) is 31.4. The van der Waals surface area contributed by atoms with E-state index in [9.17, 15) is 9.90 Å². The summed E-state index contributed by atoms with van der Waals surface area (Å²) in [5, 5.41) is 9.75. The van der Waals surface area contributed by atoms with Gasteiger partial charge in [0.15, 0.2) is 0 Å². The summed E-state index contributed by atoms with van der Waals surface area (Å²) in [5.74, 6) is 0.592. The molecule has 0 heterocycles. The van der Waals surface area contributed by atoms with E-state index in [1.54, 1.807) is 0 Å².